The van der Waals surface area contributed by atoms with Crippen molar-refractivity contribution in [2.45, 2.75) is 48.0 Å². The van der Waals surface area contributed by atoms with Crippen molar-refractivity contribution in [3.63, 3.8) is 0 Å². The summed E-state index contributed by atoms with van der Waals surface area (Å²) in [6.07, 6.45) is -0.756. The average Bonchev–Trinajstić information content (AvgIpc) is 2.47. The Kier molecular flexibility index (Phi) is 6.19. The number of thioether (sulfide) groups is 1. The Bertz CT molecular complexity index is 608. The minimum Gasteiger partial charge on any atom is -0.458 e. The van der Waals surface area contributed by atoms with E-state index in [1.54, 1.807) is 20.8 Å². The van der Waals surface area contributed by atoms with E-state index in [-0.39, 0.29) is 5.75 Å². The highest BCUT2D eigenvalue weighted by atomic mass is 35.6. The molecule has 0 aromatic heterocycles. The maximum Gasteiger partial charge on any atom is 0.408 e. The molecule has 0 bridgehead atoms. The number of halogens is 3. The number of alkyl carbamates (subject to hydrolysis) is 1. The van der Waals surface area contributed by atoms with Gasteiger partial charge in [-0.1, -0.05) is 34.8 Å². The van der Waals surface area contributed by atoms with Crippen LogP contribution in [-0.2, 0) is 19.1 Å². The van der Waals surface area contributed by atoms with Crippen molar-refractivity contribution in [1.29, 1.82) is 0 Å². The number of rotatable bonds is 3. The van der Waals surface area contributed by atoms with Gasteiger partial charge >= 0.3 is 12.1 Å². The van der Waals surface area contributed by atoms with Crippen molar-refractivity contribution < 1.29 is 29.0 Å². The van der Waals surface area contributed by atoms with Crippen LogP contribution in [0.3, 0.4) is 0 Å². The summed E-state index contributed by atoms with van der Waals surface area (Å²) < 4.78 is 8.11. The molecule has 2 fully saturated rings. The number of nitrogens with one attached hydrogen (secondary N) is 1. The van der Waals surface area contributed by atoms with Crippen LogP contribution in [0.25, 0.3) is 0 Å². The highest BCUT2D eigenvalue weighted by Crippen LogP contribution is 2.39. The number of amides is 2. The summed E-state index contributed by atoms with van der Waals surface area (Å²) in [7, 11) is 0. The number of ether oxygens (including phenoxy) is 2. The zero-order valence-corrected chi connectivity index (χ0v) is 17.3. The Morgan fingerprint density at radius 2 is 2.00 bits per heavy atom. The first-order valence-corrected chi connectivity index (χ1v) is 9.90. The first kappa shape index (κ1) is 21.7. The van der Waals surface area contributed by atoms with Gasteiger partial charge in [0, 0.05) is 5.75 Å². The van der Waals surface area contributed by atoms with E-state index >= 15 is 0 Å². The van der Waals surface area contributed by atoms with Crippen molar-refractivity contribution in [3.05, 3.63) is 0 Å². The normalized spacial score (nSPS) is 28.7. The Morgan fingerprint density at radius 3 is 2.54 bits per heavy atom. The van der Waals surface area contributed by atoms with Gasteiger partial charge in [-0.25, -0.2) is 9.59 Å². The van der Waals surface area contributed by atoms with Crippen LogP contribution in [-0.4, -0.2) is 73.3 Å². The molecule has 0 saturated carbocycles. The molecule has 1 unspecified atom stereocenters. The summed E-state index contributed by atoms with van der Waals surface area (Å²) in [5.41, 5.74) is -2.91. The summed E-state index contributed by atoms with van der Waals surface area (Å²) in [5, 5.41) is 13.1. The van der Waals surface area contributed by atoms with Crippen LogP contribution in [0.15, 0.2) is 0 Å². The number of β-lactam (4-membered cyclic amide) rings is 1. The number of hydrogen-bond acceptors (Lipinski definition) is 7. The van der Waals surface area contributed by atoms with E-state index in [0.29, 0.717) is 5.75 Å². The third-order valence-corrected chi connectivity index (χ3v) is 5.09. The summed E-state index contributed by atoms with van der Waals surface area (Å²) in [4.78, 5) is 37.5. The Labute approximate surface area is 169 Å². The molecule has 2 aliphatic heterocycles. The van der Waals surface area contributed by atoms with Gasteiger partial charge in [0.2, 0.25) is 9.52 Å². The highest BCUT2D eigenvalue weighted by molar-refractivity contribution is 7.99. The fraction of sp³-hybridized carbons (Fsp3) is 0.786. The molecular weight excluding hydrogens is 431 g/mol. The minimum atomic E-state index is -2.19. The van der Waals surface area contributed by atoms with E-state index in [4.69, 9.17) is 44.3 Å². The van der Waals surface area contributed by atoms with Crippen LogP contribution in [0.1, 0.15) is 20.8 Å². The second kappa shape index (κ2) is 7.43. The van der Waals surface area contributed by atoms with Crippen LogP contribution in [0.5, 0.6) is 0 Å². The lowest BCUT2D eigenvalue weighted by Crippen LogP contribution is -2.81. The van der Waals surface area contributed by atoms with Crippen molar-refractivity contribution in [3.8, 4) is 0 Å². The van der Waals surface area contributed by atoms with Crippen LogP contribution in [0, 0.1) is 0 Å². The predicted octanol–water partition coefficient (Wildman–Crippen LogP) is 1.44. The molecule has 8 nitrogen and oxygen atoms in total. The largest absolute Gasteiger partial charge is 0.458 e. The van der Waals surface area contributed by atoms with Gasteiger partial charge in [0.05, 0.1) is 11.8 Å². The summed E-state index contributed by atoms with van der Waals surface area (Å²) in [6, 6.07) is -1.48. The van der Waals surface area contributed by atoms with Gasteiger partial charge in [0.1, 0.15) is 18.2 Å². The van der Waals surface area contributed by atoms with Crippen LogP contribution in [0.2, 0.25) is 0 Å². The van der Waals surface area contributed by atoms with Gasteiger partial charge in [-0.2, -0.15) is 11.8 Å². The molecule has 12 heteroatoms. The van der Waals surface area contributed by atoms with Crippen molar-refractivity contribution in [2.24, 2.45) is 0 Å². The standard InChI is InChI=1S/C14H19Cl3N2O6S/c1-12(2,3)25-11(22)18-8-7-4-26-6-13(23,19(7)9(8)20)10(21)24-5-14(15,16)17/h7-8,23H,4-6H2,1-3H3,(H,18,22)/t7-,8+,13?/m0/s1. The van der Waals surface area contributed by atoms with Gasteiger partial charge in [0.15, 0.2) is 0 Å². The molecule has 0 radical (unpaired) electrons. The fourth-order valence-corrected chi connectivity index (χ4v) is 3.98. The molecule has 0 aromatic carbocycles. The lowest BCUT2D eigenvalue weighted by atomic mass is 9.92. The second-order valence-electron chi connectivity index (χ2n) is 6.92. The molecular formula is C14H19Cl3N2O6S. The van der Waals surface area contributed by atoms with Gasteiger partial charge in [0.25, 0.3) is 5.91 Å². The molecule has 26 heavy (non-hydrogen) atoms. The molecule has 0 aliphatic carbocycles. The number of hydrogen-bond donors (Lipinski definition) is 2. The molecule has 0 spiro atoms. The Balaban J connectivity index is 2.04. The van der Waals surface area contributed by atoms with Crippen LogP contribution >= 0.6 is 46.6 Å². The summed E-state index contributed by atoms with van der Waals surface area (Å²) in [6.45, 7) is 4.50. The zero-order chi connectivity index (χ0) is 19.9. The van der Waals surface area contributed by atoms with E-state index in [2.05, 4.69) is 5.32 Å². The van der Waals surface area contributed by atoms with Crippen molar-refractivity contribution in [2.75, 3.05) is 18.1 Å². The lowest BCUT2D eigenvalue weighted by Gasteiger charge is -2.55. The molecule has 2 N–H and O–H groups in total. The number of carbonyl (C=O) groups excluding carboxylic acids is 3. The number of aliphatic hydroxyl groups is 1. The molecule has 2 heterocycles. The third-order valence-electron chi connectivity index (χ3n) is 3.58. The molecule has 3 atom stereocenters. The molecule has 2 aliphatic rings. The quantitative estimate of drug-likeness (QED) is 0.381. The molecule has 2 saturated heterocycles. The number of alkyl halides is 3. The molecule has 2 rings (SSSR count). The number of nitrogens with zero attached hydrogens (tertiary/aromatic N) is 1. The van der Waals surface area contributed by atoms with Crippen molar-refractivity contribution in [1.82, 2.24) is 10.2 Å². The number of esters is 1. The first-order chi connectivity index (χ1) is 11.7. The first-order valence-electron chi connectivity index (χ1n) is 7.61. The maximum atomic E-state index is 12.4. The summed E-state index contributed by atoms with van der Waals surface area (Å²) in [5.74, 6) is -1.38. The SMILES string of the molecule is CC(C)(C)OC(=O)N[C@H]1C(=O)N2[C@H]1CSCC2(O)C(=O)OCC(Cl)(Cl)Cl. The van der Waals surface area contributed by atoms with Gasteiger partial charge in [-0.15, -0.1) is 0 Å². The topological polar surface area (TPSA) is 105 Å². The maximum absolute atomic E-state index is 12.4. The van der Waals surface area contributed by atoms with E-state index in [1.807, 2.05) is 0 Å². The van der Waals surface area contributed by atoms with Crippen LogP contribution < -0.4 is 5.32 Å². The second-order valence-corrected chi connectivity index (χ2v) is 10.5. The zero-order valence-electron chi connectivity index (χ0n) is 14.3. The van der Waals surface area contributed by atoms with E-state index < -0.39 is 51.8 Å². The van der Waals surface area contributed by atoms with E-state index in [1.165, 1.54) is 11.8 Å². The minimum absolute atomic E-state index is 0.0902. The van der Waals surface area contributed by atoms with Gasteiger partial charge in [-0.05, 0) is 20.8 Å². The van der Waals surface area contributed by atoms with Crippen LogP contribution in [0.4, 0.5) is 4.79 Å². The van der Waals surface area contributed by atoms with Gasteiger partial charge in [-0.3, -0.25) is 9.69 Å². The number of fused-ring (bicyclic) bond motifs is 1. The monoisotopic (exact) mass is 448 g/mol. The highest BCUT2D eigenvalue weighted by Gasteiger charge is 2.62. The third kappa shape index (κ3) is 4.81. The van der Waals surface area contributed by atoms with E-state index in [9.17, 15) is 19.5 Å². The number of carbonyl (C=O) groups is 3. The molecule has 2 amide bonds. The Hall–Kier alpha value is -0.610. The summed E-state index contributed by atoms with van der Waals surface area (Å²) >= 11 is 17.8. The van der Waals surface area contributed by atoms with Gasteiger partial charge < -0.3 is 19.9 Å². The predicted molar refractivity (Wildman–Crippen MR) is 97.3 cm³/mol. The molecule has 0 aromatic rings. The smallest absolute Gasteiger partial charge is 0.408 e. The Morgan fingerprint density at radius 1 is 1.38 bits per heavy atom. The fourth-order valence-electron chi connectivity index (χ4n) is 2.58. The lowest BCUT2D eigenvalue weighted by molar-refractivity contribution is -0.208. The van der Waals surface area contributed by atoms with Crippen molar-refractivity contribution >= 4 is 64.5 Å². The average molecular weight is 450 g/mol. The van der Waals surface area contributed by atoms with E-state index in [0.717, 1.165) is 4.90 Å². The molecule has 148 valence electrons.